The molecular weight excluding hydrogens is 194 g/mol. The van der Waals surface area contributed by atoms with Crippen molar-refractivity contribution in [3.63, 3.8) is 0 Å². The van der Waals surface area contributed by atoms with Crippen molar-refractivity contribution in [2.45, 2.75) is 44.4 Å². The van der Waals surface area contributed by atoms with Gasteiger partial charge in [-0.3, -0.25) is 4.21 Å². The van der Waals surface area contributed by atoms with Crippen molar-refractivity contribution in [1.29, 1.82) is 0 Å². The maximum atomic E-state index is 11.1. The second-order valence-electron chi connectivity index (χ2n) is 3.69. The fraction of sp³-hybridized carbons (Fsp3) is 0.818. The van der Waals surface area contributed by atoms with E-state index >= 15 is 0 Å². The Hall–Kier alpha value is -0.150. The molecule has 0 rings (SSSR count). The van der Waals surface area contributed by atoms with Gasteiger partial charge in [0.15, 0.2) is 0 Å². The molecule has 3 atom stereocenters. The first-order valence-corrected chi connectivity index (χ1v) is 6.90. The molecular formula is C11H23NOS. The number of nitrogens with one attached hydrogen (secondary N) is 1. The van der Waals surface area contributed by atoms with Crippen LogP contribution in [-0.4, -0.2) is 28.3 Å². The molecule has 0 heterocycles. The molecule has 0 aliphatic heterocycles. The van der Waals surface area contributed by atoms with Gasteiger partial charge in [-0.25, -0.2) is 0 Å². The van der Waals surface area contributed by atoms with Gasteiger partial charge >= 0.3 is 0 Å². The Balaban J connectivity index is 3.71. The largest absolute Gasteiger partial charge is 0.313 e. The minimum absolute atomic E-state index is 0.243. The van der Waals surface area contributed by atoms with Crippen molar-refractivity contribution in [3.8, 4) is 0 Å². The van der Waals surface area contributed by atoms with Crippen LogP contribution < -0.4 is 5.32 Å². The van der Waals surface area contributed by atoms with Crippen molar-refractivity contribution in [2.24, 2.45) is 0 Å². The third-order valence-corrected chi connectivity index (χ3v) is 3.77. The van der Waals surface area contributed by atoms with Gasteiger partial charge in [-0.05, 0) is 26.2 Å². The van der Waals surface area contributed by atoms with Gasteiger partial charge in [0.25, 0.3) is 0 Å². The zero-order valence-electron chi connectivity index (χ0n) is 9.58. The minimum Gasteiger partial charge on any atom is -0.313 e. The van der Waals surface area contributed by atoms with Gasteiger partial charge in [-0.1, -0.05) is 13.0 Å². The summed E-state index contributed by atoms with van der Waals surface area (Å²) in [6, 6.07) is 0.541. The molecule has 0 aromatic rings. The van der Waals surface area contributed by atoms with Crippen LogP contribution >= 0.6 is 0 Å². The fourth-order valence-corrected chi connectivity index (χ4v) is 1.55. The van der Waals surface area contributed by atoms with Crippen LogP contribution in [0.1, 0.15) is 33.1 Å². The standard InChI is InChI=1S/C11H23NOS/c1-5-7-8-11(6-2)12-9-10(3)14(4)13/h5,10-12H,1,6-9H2,2-4H3. The molecule has 0 aromatic heterocycles. The maximum absolute atomic E-state index is 11.1. The summed E-state index contributed by atoms with van der Waals surface area (Å²) in [4.78, 5) is 0. The van der Waals surface area contributed by atoms with Crippen LogP contribution in [0.25, 0.3) is 0 Å². The predicted octanol–water partition coefficient (Wildman–Crippen LogP) is 2.09. The van der Waals surface area contributed by atoms with E-state index in [1.54, 1.807) is 6.26 Å². The second-order valence-corrected chi connectivity index (χ2v) is 5.49. The zero-order valence-corrected chi connectivity index (χ0v) is 10.4. The van der Waals surface area contributed by atoms with E-state index in [9.17, 15) is 4.21 Å². The summed E-state index contributed by atoms with van der Waals surface area (Å²) in [7, 11) is -0.717. The molecule has 1 N–H and O–H groups in total. The lowest BCUT2D eigenvalue weighted by Crippen LogP contribution is -2.35. The quantitative estimate of drug-likeness (QED) is 0.631. The molecule has 84 valence electrons. The van der Waals surface area contributed by atoms with Gasteiger partial charge in [0, 0.05) is 34.9 Å². The molecule has 0 aliphatic rings. The number of allylic oxidation sites excluding steroid dienone is 1. The van der Waals surface area contributed by atoms with Crippen LogP contribution in [-0.2, 0) is 10.8 Å². The van der Waals surface area contributed by atoms with E-state index in [4.69, 9.17) is 0 Å². The summed E-state index contributed by atoms with van der Waals surface area (Å²) in [6.45, 7) is 8.75. The molecule has 0 aromatic carbocycles. The van der Waals surface area contributed by atoms with E-state index in [0.29, 0.717) is 6.04 Å². The molecule has 0 saturated carbocycles. The Bertz CT molecular complexity index is 182. The highest BCUT2D eigenvalue weighted by Crippen LogP contribution is 2.02. The van der Waals surface area contributed by atoms with Gasteiger partial charge in [0.05, 0.1) is 0 Å². The SMILES string of the molecule is C=CCCC(CC)NCC(C)S(C)=O. The average molecular weight is 217 g/mol. The van der Waals surface area contributed by atoms with E-state index in [1.165, 1.54) is 0 Å². The first kappa shape index (κ1) is 13.8. The summed E-state index contributed by atoms with van der Waals surface area (Å²) in [5.41, 5.74) is 0. The normalized spacial score (nSPS) is 17.4. The topological polar surface area (TPSA) is 29.1 Å². The van der Waals surface area contributed by atoms with E-state index in [0.717, 1.165) is 25.8 Å². The van der Waals surface area contributed by atoms with Crippen molar-refractivity contribution in [3.05, 3.63) is 12.7 Å². The van der Waals surface area contributed by atoms with Crippen LogP contribution in [0.2, 0.25) is 0 Å². The third kappa shape index (κ3) is 6.33. The monoisotopic (exact) mass is 217 g/mol. The van der Waals surface area contributed by atoms with E-state index < -0.39 is 10.8 Å². The fourth-order valence-electron chi connectivity index (χ4n) is 1.22. The Morgan fingerprint density at radius 2 is 2.21 bits per heavy atom. The molecule has 0 amide bonds. The summed E-state index contributed by atoms with van der Waals surface area (Å²) in [6.07, 6.45) is 7.01. The third-order valence-electron chi connectivity index (χ3n) is 2.47. The highest BCUT2D eigenvalue weighted by Gasteiger charge is 2.09. The van der Waals surface area contributed by atoms with Crippen LogP contribution in [0, 0.1) is 0 Å². The molecule has 3 heteroatoms. The van der Waals surface area contributed by atoms with Crippen molar-refractivity contribution in [1.82, 2.24) is 5.32 Å². The molecule has 0 aliphatic carbocycles. The van der Waals surface area contributed by atoms with Crippen LogP contribution in [0.4, 0.5) is 0 Å². The Labute approximate surface area is 90.6 Å². The summed E-state index contributed by atoms with van der Waals surface area (Å²) in [5, 5.41) is 3.69. The van der Waals surface area contributed by atoms with Crippen LogP contribution in [0.15, 0.2) is 12.7 Å². The summed E-state index contributed by atoms with van der Waals surface area (Å²) in [5.74, 6) is 0. The van der Waals surface area contributed by atoms with Crippen molar-refractivity contribution < 1.29 is 4.21 Å². The molecule has 0 fully saturated rings. The first-order valence-electron chi connectivity index (χ1n) is 5.28. The number of rotatable bonds is 8. The molecule has 0 bridgehead atoms. The van der Waals surface area contributed by atoms with Gasteiger partial charge in [-0.15, -0.1) is 6.58 Å². The first-order chi connectivity index (χ1) is 6.61. The smallest absolute Gasteiger partial charge is 0.0441 e. The van der Waals surface area contributed by atoms with Crippen LogP contribution in [0.5, 0.6) is 0 Å². The molecule has 0 spiro atoms. The highest BCUT2D eigenvalue weighted by molar-refractivity contribution is 7.84. The molecule has 0 radical (unpaired) electrons. The second kappa shape index (κ2) is 8.18. The zero-order chi connectivity index (χ0) is 11.0. The van der Waals surface area contributed by atoms with Gasteiger partial charge in [0.2, 0.25) is 0 Å². The predicted molar refractivity (Wildman–Crippen MR) is 65.0 cm³/mol. The highest BCUT2D eigenvalue weighted by atomic mass is 32.2. The molecule has 0 saturated heterocycles. The maximum Gasteiger partial charge on any atom is 0.0441 e. The number of hydrogen-bond acceptors (Lipinski definition) is 2. The van der Waals surface area contributed by atoms with E-state index in [2.05, 4.69) is 18.8 Å². The Morgan fingerprint density at radius 1 is 1.57 bits per heavy atom. The van der Waals surface area contributed by atoms with Gasteiger partial charge < -0.3 is 5.32 Å². The Morgan fingerprint density at radius 3 is 2.64 bits per heavy atom. The average Bonchev–Trinajstić information content (AvgIpc) is 2.17. The van der Waals surface area contributed by atoms with Gasteiger partial charge in [0.1, 0.15) is 0 Å². The summed E-state index contributed by atoms with van der Waals surface area (Å²) < 4.78 is 11.1. The Kier molecular flexibility index (Phi) is 8.09. The molecule has 14 heavy (non-hydrogen) atoms. The van der Waals surface area contributed by atoms with Gasteiger partial charge in [-0.2, -0.15) is 0 Å². The van der Waals surface area contributed by atoms with Crippen LogP contribution in [0.3, 0.4) is 0 Å². The lowest BCUT2D eigenvalue weighted by atomic mass is 10.1. The van der Waals surface area contributed by atoms with E-state index in [-0.39, 0.29) is 5.25 Å². The lowest BCUT2D eigenvalue weighted by molar-refractivity contribution is 0.472. The summed E-state index contributed by atoms with van der Waals surface area (Å²) >= 11 is 0. The minimum atomic E-state index is -0.717. The lowest BCUT2D eigenvalue weighted by Gasteiger charge is -2.18. The number of hydrogen-bond donors (Lipinski definition) is 1. The molecule has 3 unspecified atom stereocenters. The molecule has 2 nitrogen and oxygen atoms in total. The van der Waals surface area contributed by atoms with Crippen molar-refractivity contribution in [2.75, 3.05) is 12.8 Å². The van der Waals surface area contributed by atoms with Crippen molar-refractivity contribution >= 4 is 10.8 Å². The van der Waals surface area contributed by atoms with E-state index in [1.807, 2.05) is 13.0 Å².